The van der Waals surface area contributed by atoms with Crippen molar-refractivity contribution in [1.82, 2.24) is 0 Å². The summed E-state index contributed by atoms with van der Waals surface area (Å²) in [7, 11) is -5.14. The summed E-state index contributed by atoms with van der Waals surface area (Å²) in [6.07, 6.45) is 0. The smallest absolute Gasteiger partial charge is 0.302 e. The van der Waals surface area contributed by atoms with Gasteiger partial charge in [0.05, 0.1) is 0 Å². The van der Waals surface area contributed by atoms with Crippen molar-refractivity contribution in [2.45, 2.75) is 4.90 Å². The molecule has 0 saturated heterocycles. The predicted octanol–water partition coefficient (Wildman–Crippen LogP) is 0.940. The zero-order chi connectivity index (χ0) is 20.3. The Balaban J connectivity index is 2.55. The molecule has 1 heterocycles. The Kier molecular flexibility index (Phi) is 3.82. The van der Waals surface area contributed by atoms with Crippen LogP contribution in [0.15, 0.2) is 32.3 Å². The SMILES string of the molecule is O=c1c(O)c(-c2cc(O)c(O)c(O)c2)oc2c(S(=O)(=O)O)c(O)cc(O)c12. The lowest BCUT2D eigenvalue weighted by atomic mass is 10.1. The van der Waals surface area contributed by atoms with Gasteiger partial charge >= 0.3 is 10.1 Å². The third kappa shape index (κ3) is 2.72. The Morgan fingerprint density at radius 2 is 1.33 bits per heavy atom. The number of hydrogen-bond donors (Lipinski definition) is 7. The molecule has 27 heavy (non-hydrogen) atoms. The fourth-order valence-electron chi connectivity index (χ4n) is 2.48. The molecule has 0 aliphatic rings. The molecule has 3 rings (SSSR count). The van der Waals surface area contributed by atoms with Gasteiger partial charge in [0.25, 0.3) is 0 Å². The van der Waals surface area contributed by atoms with E-state index in [0.29, 0.717) is 6.07 Å². The van der Waals surface area contributed by atoms with Gasteiger partial charge in [-0.25, -0.2) is 0 Å². The molecule has 0 unspecified atom stereocenters. The van der Waals surface area contributed by atoms with Crippen molar-refractivity contribution in [1.29, 1.82) is 0 Å². The van der Waals surface area contributed by atoms with Crippen molar-refractivity contribution >= 4 is 21.1 Å². The molecule has 0 bridgehead atoms. The van der Waals surface area contributed by atoms with Crippen LogP contribution in [-0.4, -0.2) is 43.6 Å². The topological polar surface area (TPSA) is 206 Å². The number of hydrogen-bond acceptors (Lipinski definition) is 10. The van der Waals surface area contributed by atoms with Crippen molar-refractivity contribution in [3.05, 3.63) is 28.4 Å². The van der Waals surface area contributed by atoms with Crippen LogP contribution in [-0.2, 0) is 10.1 Å². The van der Waals surface area contributed by atoms with Gasteiger partial charge in [0.1, 0.15) is 16.9 Å². The van der Waals surface area contributed by atoms with Crippen molar-refractivity contribution in [3.63, 3.8) is 0 Å². The summed E-state index contributed by atoms with van der Waals surface area (Å²) >= 11 is 0. The van der Waals surface area contributed by atoms with Crippen LogP contribution in [0.25, 0.3) is 22.3 Å². The predicted molar refractivity (Wildman–Crippen MR) is 87.7 cm³/mol. The van der Waals surface area contributed by atoms with Crippen molar-refractivity contribution in [3.8, 4) is 45.8 Å². The first-order valence-corrected chi connectivity index (χ1v) is 8.35. The van der Waals surface area contributed by atoms with Crippen molar-refractivity contribution < 1.29 is 48.0 Å². The number of aromatic hydroxyl groups is 6. The number of phenolic OH excluding ortho intramolecular Hbond substituents is 5. The Hall–Kier alpha value is -3.64. The lowest BCUT2D eigenvalue weighted by Gasteiger charge is -2.11. The number of rotatable bonds is 2. The van der Waals surface area contributed by atoms with Gasteiger partial charge in [-0.05, 0) is 12.1 Å². The van der Waals surface area contributed by atoms with E-state index in [2.05, 4.69) is 0 Å². The molecular formula is C15H10O11S. The minimum Gasteiger partial charge on any atom is -0.507 e. The highest BCUT2D eigenvalue weighted by Crippen LogP contribution is 2.43. The molecule has 0 aliphatic heterocycles. The molecular weight excluding hydrogens is 388 g/mol. The van der Waals surface area contributed by atoms with Gasteiger partial charge in [0.15, 0.2) is 33.5 Å². The first-order valence-electron chi connectivity index (χ1n) is 6.91. The van der Waals surface area contributed by atoms with Gasteiger partial charge in [-0.2, -0.15) is 8.42 Å². The number of fused-ring (bicyclic) bond motifs is 1. The molecule has 3 aromatic rings. The third-order valence-electron chi connectivity index (χ3n) is 3.65. The summed E-state index contributed by atoms with van der Waals surface area (Å²) in [6, 6.07) is 2.00. The molecule has 11 nitrogen and oxygen atoms in total. The second kappa shape index (κ2) is 5.69. The first kappa shape index (κ1) is 18.2. The van der Waals surface area contributed by atoms with E-state index in [9.17, 15) is 48.4 Å². The van der Waals surface area contributed by atoms with Crippen LogP contribution in [0.2, 0.25) is 0 Å². The number of phenols is 5. The molecule has 12 heteroatoms. The van der Waals surface area contributed by atoms with E-state index in [1.807, 2.05) is 0 Å². The summed E-state index contributed by atoms with van der Waals surface area (Å²) in [4.78, 5) is 11.1. The Morgan fingerprint density at radius 3 is 1.85 bits per heavy atom. The van der Waals surface area contributed by atoms with E-state index in [1.165, 1.54) is 0 Å². The van der Waals surface area contributed by atoms with Crippen molar-refractivity contribution in [2.75, 3.05) is 0 Å². The highest BCUT2D eigenvalue weighted by Gasteiger charge is 2.28. The zero-order valence-electron chi connectivity index (χ0n) is 12.9. The summed E-state index contributed by atoms with van der Waals surface area (Å²) in [5, 5.41) is 57.2. The van der Waals surface area contributed by atoms with Crippen molar-refractivity contribution in [2.24, 2.45) is 0 Å². The fraction of sp³-hybridized carbons (Fsp3) is 0. The van der Waals surface area contributed by atoms with Crippen LogP contribution in [0.5, 0.6) is 34.5 Å². The van der Waals surface area contributed by atoms with Gasteiger partial charge in [-0.3, -0.25) is 9.35 Å². The zero-order valence-corrected chi connectivity index (χ0v) is 13.7. The second-order valence-electron chi connectivity index (χ2n) is 5.40. The minimum absolute atomic E-state index is 0.372. The highest BCUT2D eigenvalue weighted by molar-refractivity contribution is 7.86. The Bertz CT molecular complexity index is 1250. The van der Waals surface area contributed by atoms with E-state index < -0.39 is 71.7 Å². The van der Waals surface area contributed by atoms with Gasteiger partial charge in [0.2, 0.25) is 11.2 Å². The first-order chi connectivity index (χ1) is 12.4. The Morgan fingerprint density at radius 1 is 0.778 bits per heavy atom. The standard InChI is InChI=1S/C15H10O11S/c16-5-3-8(19)15(27(23,24)25)14-9(5)11(21)12(22)13(26-14)4-1-6(17)10(20)7(18)2-4/h1-3,16-20,22H,(H,23,24,25). The van der Waals surface area contributed by atoms with E-state index in [1.54, 1.807) is 0 Å². The molecule has 2 aromatic carbocycles. The van der Waals surface area contributed by atoms with Gasteiger partial charge in [-0.15, -0.1) is 0 Å². The van der Waals surface area contributed by atoms with E-state index in [0.717, 1.165) is 12.1 Å². The van der Waals surface area contributed by atoms with Crippen LogP contribution in [0, 0.1) is 0 Å². The molecule has 0 aliphatic carbocycles. The average Bonchev–Trinajstić information content (AvgIpc) is 2.53. The summed E-state index contributed by atoms with van der Waals surface area (Å²) in [5.74, 6) is -6.64. The third-order valence-corrected chi connectivity index (χ3v) is 4.56. The minimum atomic E-state index is -5.14. The Labute approximate surface area is 149 Å². The lowest BCUT2D eigenvalue weighted by Crippen LogP contribution is -2.07. The van der Waals surface area contributed by atoms with Gasteiger partial charge in [-0.1, -0.05) is 0 Å². The molecule has 142 valence electrons. The average molecular weight is 398 g/mol. The molecule has 0 saturated carbocycles. The van der Waals surface area contributed by atoms with Crippen LogP contribution in [0.3, 0.4) is 0 Å². The highest BCUT2D eigenvalue weighted by atomic mass is 32.2. The molecule has 1 aromatic heterocycles. The number of benzene rings is 2. The molecule has 0 spiro atoms. The second-order valence-corrected chi connectivity index (χ2v) is 6.75. The summed E-state index contributed by atoms with van der Waals surface area (Å²) < 4.78 is 37.5. The summed E-state index contributed by atoms with van der Waals surface area (Å²) in [5.41, 5.74) is -2.69. The quantitative estimate of drug-likeness (QED) is 0.239. The van der Waals surface area contributed by atoms with E-state index >= 15 is 0 Å². The van der Waals surface area contributed by atoms with Crippen LogP contribution in [0.4, 0.5) is 0 Å². The molecule has 0 radical (unpaired) electrons. The van der Waals surface area contributed by atoms with E-state index in [4.69, 9.17) is 4.42 Å². The maximum absolute atomic E-state index is 12.4. The maximum atomic E-state index is 12.4. The van der Waals surface area contributed by atoms with E-state index in [-0.39, 0.29) is 5.56 Å². The molecule has 0 atom stereocenters. The monoisotopic (exact) mass is 398 g/mol. The molecule has 7 N–H and O–H groups in total. The van der Waals surface area contributed by atoms with Crippen LogP contribution in [0.1, 0.15) is 0 Å². The normalized spacial score (nSPS) is 11.7. The molecule has 0 amide bonds. The lowest BCUT2D eigenvalue weighted by molar-refractivity contribution is 0.368. The largest absolute Gasteiger partial charge is 0.507 e. The van der Waals surface area contributed by atoms with Crippen LogP contribution < -0.4 is 5.43 Å². The maximum Gasteiger partial charge on any atom is 0.302 e. The summed E-state index contributed by atoms with van der Waals surface area (Å²) in [6.45, 7) is 0. The molecule has 0 fully saturated rings. The fourth-order valence-corrected chi connectivity index (χ4v) is 3.18. The van der Waals surface area contributed by atoms with Crippen LogP contribution >= 0.6 is 0 Å². The van der Waals surface area contributed by atoms with Gasteiger partial charge in [0, 0.05) is 11.6 Å². The van der Waals surface area contributed by atoms with Gasteiger partial charge < -0.3 is 35.1 Å².